The first-order chi connectivity index (χ1) is 10.3. The third-order valence-corrected chi connectivity index (χ3v) is 5.16. The van der Waals surface area contributed by atoms with Gasteiger partial charge in [0.2, 0.25) is 0 Å². The molecule has 112 valence electrons. The Labute approximate surface area is 126 Å². The molecule has 1 aromatic carbocycles. The molecule has 4 rings (SSSR count). The van der Waals surface area contributed by atoms with Gasteiger partial charge in [0.1, 0.15) is 0 Å². The Morgan fingerprint density at radius 3 is 2.52 bits per heavy atom. The van der Waals surface area contributed by atoms with E-state index in [1.54, 1.807) is 0 Å². The van der Waals surface area contributed by atoms with Crippen molar-refractivity contribution in [3.63, 3.8) is 0 Å². The van der Waals surface area contributed by atoms with E-state index < -0.39 is 0 Å². The smallest absolute Gasteiger partial charge is 0.184 e. The molecule has 0 amide bonds. The third kappa shape index (κ3) is 2.54. The van der Waals surface area contributed by atoms with Crippen LogP contribution >= 0.6 is 0 Å². The van der Waals surface area contributed by atoms with Gasteiger partial charge in [0.05, 0.1) is 13.2 Å². The molecule has 3 nitrogen and oxygen atoms in total. The first-order valence-corrected chi connectivity index (χ1v) is 8.07. The number of hydrogen-bond acceptors (Lipinski definition) is 3. The van der Waals surface area contributed by atoms with Crippen molar-refractivity contribution in [3.05, 3.63) is 41.5 Å². The van der Waals surface area contributed by atoms with Crippen molar-refractivity contribution in [1.82, 2.24) is 4.90 Å². The lowest BCUT2D eigenvalue weighted by Crippen LogP contribution is -2.45. The third-order valence-electron chi connectivity index (χ3n) is 5.16. The molecular weight excluding hydrogens is 262 g/mol. The molecule has 1 aromatic rings. The minimum Gasteiger partial charge on any atom is -0.346 e. The van der Waals surface area contributed by atoms with Crippen LogP contribution in [-0.2, 0) is 9.47 Å². The SMILES string of the molecule is CN1C2C=C(c3ccc(C4OCCO4)cc3)CC1CCC2. The predicted molar refractivity (Wildman–Crippen MR) is 82.9 cm³/mol. The zero-order valence-electron chi connectivity index (χ0n) is 12.6. The van der Waals surface area contributed by atoms with Gasteiger partial charge in [0, 0.05) is 17.6 Å². The van der Waals surface area contributed by atoms with Gasteiger partial charge >= 0.3 is 0 Å². The van der Waals surface area contributed by atoms with Gasteiger partial charge in [-0.15, -0.1) is 0 Å². The number of ether oxygens (including phenoxy) is 2. The highest BCUT2D eigenvalue weighted by atomic mass is 16.7. The van der Waals surface area contributed by atoms with Crippen LogP contribution in [0.5, 0.6) is 0 Å². The second-order valence-corrected chi connectivity index (χ2v) is 6.41. The lowest BCUT2D eigenvalue weighted by molar-refractivity contribution is -0.0441. The van der Waals surface area contributed by atoms with Gasteiger partial charge in [-0.1, -0.05) is 36.8 Å². The van der Waals surface area contributed by atoms with Gasteiger partial charge in [-0.3, -0.25) is 4.90 Å². The Hall–Kier alpha value is -1.16. The molecule has 3 heteroatoms. The van der Waals surface area contributed by atoms with Crippen molar-refractivity contribution < 1.29 is 9.47 Å². The fourth-order valence-corrected chi connectivity index (χ4v) is 3.86. The predicted octanol–water partition coefficient (Wildman–Crippen LogP) is 3.37. The topological polar surface area (TPSA) is 21.7 Å². The quantitative estimate of drug-likeness (QED) is 0.831. The maximum absolute atomic E-state index is 5.56. The molecular formula is C18H23NO2. The normalized spacial score (nSPS) is 30.4. The average Bonchev–Trinajstić information content (AvgIpc) is 3.01. The lowest BCUT2D eigenvalue weighted by atomic mass is 9.83. The van der Waals surface area contributed by atoms with Gasteiger partial charge in [-0.25, -0.2) is 0 Å². The summed E-state index contributed by atoms with van der Waals surface area (Å²) in [4.78, 5) is 2.56. The van der Waals surface area contributed by atoms with E-state index in [2.05, 4.69) is 42.3 Å². The van der Waals surface area contributed by atoms with E-state index in [1.165, 1.54) is 36.8 Å². The molecule has 3 aliphatic rings. The van der Waals surface area contributed by atoms with Gasteiger partial charge < -0.3 is 9.47 Å². The maximum atomic E-state index is 5.56. The molecule has 3 aliphatic heterocycles. The number of likely N-dealkylation sites (N-methyl/N-ethyl adjacent to an activating group) is 1. The highest BCUT2D eigenvalue weighted by Gasteiger charge is 2.31. The van der Waals surface area contributed by atoms with E-state index in [4.69, 9.17) is 9.47 Å². The van der Waals surface area contributed by atoms with Gasteiger partial charge in [0.15, 0.2) is 6.29 Å². The summed E-state index contributed by atoms with van der Waals surface area (Å²) >= 11 is 0. The highest BCUT2D eigenvalue weighted by Crippen LogP contribution is 2.36. The van der Waals surface area contributed by atoms with Crippen LogP contribution in [0.1, 0.15) is 43.1 Å². The molecule has 2 saturated heterocycles. The van der Waals surface area contributed by atoms with Crippen molar-refractivity contribution in [2.45, 2.75) is 44.1 Å². The van der Waals surface area contributed by atoms with Crippen LogP contribution in [-0.4, -0.2) is 37.2 Å². The van der Waals surface area contributed by atoms with E-state index in [1.807, 2.05) is 0 Å². The van der Waals surface area contributed by atoms with Crippen LogP contribution in [0.15, 0.2) is 30.3 Å². The molecule has 2 bridgehead atoms. The number of piperidine rings is 1. The second kappa shape index (κ2) is 5.56. The number of fused-ring (bicyclic) bond motifs is 2. The molecule has 2 fully saturated rings. The Kier molecular flexibility index (Phi) is 3.57. The zero-order valence-corrected chi connectivity index (χ0v) is 12.6. The number of nitrogens with zero attached hydrogens (tertiary/aromatic N) is 1. The van der Waals surface area contributed by atoms with E-state index >= 15 is 0 Å². The molecule has 3 heterocycles. The second-order valence-electron chi connectivity index (χ2n) is 6.41. The van der Waals surface area contributed by atoms with Crippen LogP contribution < -0.4 is 0 Å². The summed E-state index contributed by atoms with van der Waals surface area (Å²) < 4.78 is 11.1. The van der Waals surface area contributed by atoms with Crippen LogP contribution in [0.4, 0.5) is 0 Å². The fourth-order valence-electron chi connectivity index (χ4n) is 3.86. The lowest BCUT2D eigenvalue weighted by Gasteiger charge is -2.42. The summed E-state index contributed by atoms with van der Waals surface area (Å²) in [6.07, 6.45) is 7.52. The summed E-state index contributed by atoms with van der Waals surface area (Å²) in [7, 11) is 2.28. The Morgan fingerprint density at radius 1 is 1.05 bits per heavy atom. The zero-order chi connectivity index (χ0) is 14.2. The van der Waals surface area contributed by atoms with Crippen molar-refractivity contribution in [1.29, 1.82) is 0 Å². The Bertz CT molecular complexity index is 531. The van der Waals surface area contributed by atoms with Crippen LogP contribution in [0.2, 0.25) is 0 Å². The first kappa shape index (κ1) is 13.5. The van der Waals surface area contributed by atoms with Crippen LogP contribution in [0.3, 0.4) is 0 Å². The van der Waals surface area contributed by atoms with Crippen molar-refractivity contribution in [3.8, 4) is 0 Å². The minimum atomic E-state index is -0.162. The molecule has 21 heavy (non-hydrogen) atoms. The molecule has 0 spiro atoms. The minimum absolute atomic E-state index is 0.162. The highest BCUT2D eigenvalue weighted by molar-refractivity contribution is 5.68. The Balaban J connectivity index is 1.56. The van der Waals surface area contributed by atoms with Crippen LogP contribution in [0.25, 0.3) is 5.57 Å². The fraction of sp³-hybridized carbons (Fsp3) is 0.556. The summed E-state index contributed by atoms with van der Waals surface area (Å²) in [5.74, 6) is 0. The van der Waals surface area contributed by atoms with Gasteiger partial charge in [-0.05, 0) is 37.4 Å². The monoisotopic (exact) mass is 285 g/mol. The summed E-state index contributed by atoms with van der Waals surface area (Å²) in [5, 5.41) is 0. The molecule has 0 aromatic heterocycles. The van der Waals surface area contributed by atoms with E-state index in [-0.39, 0.29) is 6.29 Å². The average molecular weight is 285 g/mol. The van der Waals surface area contributed by atoms with Crippen molar-refractivity contribution >= 4 is 5.57 Å². The summed E-state index contributed by atoms with van der Waals surface area (Å²) in [6.45, 7) is 1.40. The molecule has 0 N–H and O–H groups in total. The molecule has 0 radical (unpaired) electrons. The van der Waals surface area contributed by atoms with Crippen molar-refractivity contribution in [2.24, 2.45) is 0 Å². The standard InChI is InChI=1S/C18H23NO2/c1-19-16-3-2-4-17(19)12-15(11-16)13-5-7-14(8-6-13)18-20-9-10-21-18/h5-8,11,16-18H,2-4,9-10,12H2,1H3. The molecule has 0 aliphatic carbocycles. The van der Waals surface area contributed by atoms with E-state index in [0.717, 1.165) is 11.6 Å². The van der Waals surface area contributed by atoms with E-state index in [9.17, 15) is 0 Å². The van der Waals surface area contributed by atoms with Gasteiger partial charge in [0.25, 0.3) is 0 Å². The Morgan fingerprint density at radius 2 is 1.81 bits per heavy atom. The molecule has 0 saturated carbocycles. The van der Waals surface area contributed by atoms with E-state index in [0.29, 0.717) is 19.3 Å². The maximum Gasteiger partial charge on any atom is 0.184 e. The number of hydrogen-bond donors (Lipinski definition) is 0. The molecule has 2 unspecified atom stereocenters. The first-order valence-electron chi connectivity index (χ1n) is 8.07. The molecule has 2 atom stereocenters. The van der Waals surface area contributed by atoms with Gasteiger partial charge in [-0.2, -0.15) is 0 Å². The van der Waals surface area contributed by atoms with Crippen LogP contribution in [0, 0.1) is 0 Å². The van der Waals surface area contributed by atoms with Crippen molar-refractivity contribution in [2.75, 3.05) is 20.3 Å². The summed E-state index contributed by atoms with van der Waals surface area (Å²) in [5.41, 5.74) is 4.01. The number of rotatable bonds is 2. The summed E-state index contributed by atoms with van der Waals surface area (Å²) in [6, 6.07) is 10.1. The largest absolute Gasteiger partial charge is 0.346 e. The number of benzene rings is 1.